The number of alkyl halides is 2. The molecule has 2 fully saturated rings. The van der Waals surface area contributed by atoms with E-state index in [2.05, 4.69) is 6.07 Å². The third kappa shape index (κ3) is 5.26. The van der Waals surface area contributed by atoms with Crippen LogP contribution in [-0.4, -0.2) is 64.5 Å². The molecule has 2 N–H and O–H groups in total. The van der Waals surface area contributed by atoms with Crippen LogP contribution in [0.1, 0.15) is 25.7 Å². The number of likely N-dealkylation sites (tertiary alicyclic amines) is 2. The van der Waals surface area contributed by atoms with Crippen LogP contribution >= 0.6 is 23.2 Å². The first-order valence-electron chi connectivity index (χ1n) is 7.36. The molecular formula is C14H20Cl2N4O3. The molecular weight excluding hydrogens is 343 g/mol. The molecule has 0 aliphatic carbocycles. The van der Waals surface area contributed by atoms with Gasteiger partial charge in [0.25, 0.3) is 0 Å². The summed E-state index contributed by atoms with van der Waals surface area (Å²) >= 11 is 10.7. The lowest BCUT2D eigenvalue weighted by Gasteiger charge is -2.20. The fourth-order valence-corrected chi connectivity index (χ4v) is 3.02. The van der Waals surface area contributed by atoms with Crippen molar-refractivity contribution in [2.75, 3.05) is 24.8 Å². The third-order valence-electron chi connectivity index (χ3n) is 3.85. The van der Waals surface area contributed by atoms with Crippen molar-refractivity contribution < 1.29 is 14.4 Å². The number of nitriles is 1. The van der Waals surface area contributed by atoms with Crippen LogP contribution in [0.2, 0.25) is 0 Å². The zero-order chi connectivity index (χ0) is 17.4. The summed E-state index contributed by atoms with van der Waals surface area (Å²) in [6, 6.07) is 1.41. The Bertz CT molecular complexity index is 495. The van der Waals surface area contributed by atoms with Gasteiger partial charge in [-0.2, -0.15) is 5.26 Å². The SMILES string of the molecule is N#CC1CCCN1C(=O)CCl.NC(=O)C1CCCN1C(=O)CCl. The van der Waals surface area contributed by atoms with Crippen LogP contribution in [0.5, 0.6) is 0 Å². The van der Waals surface area contributed by atoms with Crippen molar-refractivity contribution in [3.05, 3.63) is 0 Å². The van der Waals surface area contributed by atoms with Crippen molar-refractivity contribution in [2.24, 2.45) is 5.73 Å². The van der Waals surface area contributed by atoms with Crippen LogP contribution in [0.3, 0.4) is 0 Å². The molecule has 2 saturated heterocycles. The Hall–Kier alpha value is -1.52. The highest BCUT2D eigenvalue weighted by Crippen LogP contribution is 2.17. The van der Waals surface area contributed by atoms with Crippen molar-refractivity contribution in [2.45, 2.75) is 37.8 Å². The fraction of sp³-hybridized carbons (Fsp3) is 0.714. The van der Waals surface area contributed by atoms with Crippen LogP contribution in [0.25, 0.3) is 0 Å². The molecule has 0 aromatic heterocycles. The van der Waals surface area contributed by atoms with E-state index in [1.54, 1.807) is 4.90 Å². The Balaban J connectivity index is 0.000000231. The predicted molar refractivity (Wildman–Crippen MR) is 85.7 cm³/mol. The fourth-order valence-electron chi connectivity index (χ4n) is 2.71. The maximum Gasteiger partial charge on any atom is 0.240 e. The number of halogens is 2. The quantitative estimate of drug-likeness (QED) is 0.734. The van der Waals surface area contributed by atoms with E-state index in [1.807, 2.05) is 0 Å². The maximum absolute atomic E-state index is 11.1. The Kier molecular flexibility index (Phi) is 8.13. The summed E-state index contributed by atoms with van der Waals surface area (Å²) in [5.74, 6) is -0.873. The van der Waals surface area contributed by atoms with Gasteiger partial charge in [-0.15, -0.1) is 23.2 Å². The zero-order valence-electron chi connectivity index (χ0n) is 12.7. The second kappa shape index (κ2) is 9.58. The summed E-state index contributed by atoms with van der Waals surface area (Å²) < 4.78 is 0. The van der Waals surface area contributed by atoms with Gasteiger partial charge in [-0.3, -0.25) is 14.4 Å². The number of carbonyl (C=O) groups is 3. The van der Waals surface area contributed by atoms with Gasteiger partial charge in [0.1, 0.15) is 23.8 Å². The number of nitrogens with zero attached hydrogens (tertiary/aromatic N) is 3. The first kappa shape index (κ1) is 19.5. The lowest BCUT2D eigenvalue weighted by Crippen LogP contribution is -2.44. The average molecular weight is 363 g/mol. The number of primary amides is 1. The molecule has 0 radical (unpaired) electrons. The topological polar surface area (TPSA) is 108 Å². The highest BCUT2D eigenvalue weighted by Gasteiger charge is 2.31. The van der Waals surface area contributed by atoms with Crippen LogP contribution in [0.4, 0.5) is 0 Å². The molecule has 0 aromatic carbocycles. The van der Waals surface area contributed by atoms with Gasteiger partial charge in [0.2, 0.25) is 17.7 Å². The van der Waals surface area contributed by atoms with Gasteiger partial charge < -0.3 is 15.5 Å². The molecule has 3 amide bonds. The van der Waals surface area contributed by atoms with E-state index in [4.69, 9.17) is 34.2 Å². The Morgan fingerprint density at radius 1 is 1.04 bits per heavy atom. The largest absolute Gasteiger partial charge is 0.368 e. The normalized spacial score (nSPS) is 23.0. The number of hydrogen-bond donors (Lipinski definition) is 1. The van der Waals surface area contributed by atoms with Gasteiger partial charge in [-0.1, -0.05) is 0 Å². The predicted octanol–water partition coefficient (Wildman–Crippen LogP) is 0.441. The van der Waals surface area contributed by atoms with E-state index in [1.165, 1.54) is 4.90 Å². The van der Waals surface area contributed by atoms with Crippen molar-refractivity contribution >= 4 is 40.9 Å². The van der Waals surface area contributed by atoms with E-state index in [-0.39, 0.29) is 29.6 Å². The number of carbonyl (C=O) groups excluding carboxylic acids is 3. The molecule has 7 nitrogen and oxygen atoms in total. The molecule has 128 valence electrons. The molecule has 2 rings (SSSR count). The van der Waals surface area contributed by atoms with Crippen molar-refractivity contribution in [1.82, 2.24) is 9.80 Å². The standard InChI is InChI=1S/C7H11ClN2O2.C7H9ClN2O/c8-4-6(11)10-3-1-2-5(10)7(9)12;8-4-7(11)10-3-1-2-6(10)5-9/h5H,1-4H2,(H2,9,12);6H,1-4H2. The van der Waals surface area contributed by atoms with Crippen molar-refractivity contribution in [3.8, 4) is 6.07 Å². The monoisotopic (exact) mass is 362 g/mol. The summed E-state index contributed by atoms with van der Waals surface area (Å²) in [6.07, 6.45) is 3.20. The molecule has 0 spiro atoms. The van der Waals surface area contributed by atoms with Gasteiger partial charge in [-0.05, 0) is 25.7 Å². The van der Waals surface area contributed by atoms with E-state index < -0.39 is 11.9 Å². The van der Waals surface area contributed by atoms with E-state index in [0.717, 1.165) is 19.3 Å². The smallest absolute Gasteiger partial charge is 0.240 e. The zero-order valence-corrected chi connectivity index (χ0v) is 14.2. The van der Waals surface area contributed by atoms with Crippen molar-refractivity contribution in [3.63, 3.8) is 0 Å². The minimum Gasteiger partial charge on any atom is -0.368 e. The summed E-state index contributed by atoms with van der Waals surface area (Å²) in [5, 5.41) is 8.59. The molecule has 0 bridgehead atoms. The summed E-state index contributed by atoms with van der Waals surface area (Å²) in [5.41, 5.74) is 5.10. The Labute approximate surface area is 145 Å². The molecule has 2 unspecified atom stereocenters. The maximum atomic E-state index is 11.1. The van der Waals surface area contributed by atoms with Gasteiger partial charge >= 0.3 is 0 Å². The summed E-state index contributed by atoms with van der Waals surface area (Å²) in [4.78, 5) is 36.0. The number of amides is 3. The van der Waals surface area contributed by atoms with E-state index >= 15 is 0 Å². The summed E-state index contributed by atoms with van der Waals surface area (Å²) in [6.45, 7) is 1.28. The van der Waals surface area contributed by atoms with Gasteiger partial charge in [0.15, 0.2) is 0 Å². The number of hydrogen-bond acceptors (Lipinski definition) is 4. The number of rotatable bonds is 3. The molecule has 0 saturated carbocycles. The summed E-state index contributed by atoms with van der Waals surface area (Å²) in [7, 11) is 0. The lowest BCUT2D eigenvalue weighted by atomic mass is 10.2. The molecule has 2 atom stereocenters. The van der Waals surface area contributed by atoms with Crippen LogP contribution in [0, 0.1) is 11.3 Å². The first-order chi connectivity index (χ1) is 11.0. The lowest BCUT2D eigenvalue weighted by molar-refractivity contribution is -0.135. The minimum atomic E-state index is -0.439. The van der Waals surface area contributed by atoms with Crippen LogP contribution in [-0.2, 0) is 14.4 Å². The molecule has 0 aromatic rings. The Morgan fingerprint density at radius 2 is 1.57 bits per heavy atom. The molecule has 2 aliphatic rings. The van der Waals surface area contributed by atoms with Crippen LogP contribution in [0.15, 0.2) is 0 Å². The van der Waals surface area contributed by atoms with Gasteiger partial charge in [-0.25, -0.2) is 0 Å². The van der Waals surface area contributed by atoms with E-state index in [9.17, 15) is 14.4 Å². The molecule has 2 aliphatic heterocycles. The molecule has 2 heterocycles. The highest BCUT2D eigenvalue weighted by atomic mass is 35.5. The van der Waals surface area contributed by atoms with Gasteiger partial charge in [0, 0.05) is 13.1 Å². The minimum absolute atomic E-state index is 0.0157. The second-order valence-corrected chi connectivity index (χ2v) is 5.82. The number of nitrogens with two attached hydrogens (primary N) is 1. The van der Waals surface area contributed by atoms with Crippen LogP contribution < -0.4 is 5.73 Å². The molecule has 23 heavy (non-hydrogen) atoms. The second-order valence-electron chi connectivity index (χ2n) is 5.29. The van der Waals surface area contributed by atoms with E-state index in [0.29, 0.717) is 19.5 Å². The van der Waals surface area contributed by atoms with Gasteiger partial charge in [0.05, 0.1) is 6.07 Å². The first-order valence-corrected chi connectivity index (χ1v) is 8.43. The Morgan fingerprint density at radius 3 is 2.09 bits per heavy atom. The van der Waals surface area contributed by atoms with Crippen molar-refractivity contribution in [1.29, 1.82) is 5.26 Å². The highest BCUT2D eigenvalue weighted by molar-refractivity contribution is 6.27. The molecule has 9 heteroatoms. The average Bonchev–Trinajstić information content (AvgIpc) is 3.22. The third-order valence-corrected chi connectivity index (χ3v) is 4.31.